The molecule has 0 radical (unpaired) electrons. The van der Waals surface area contributed by atoms with Crippen molar-refractivity contribution in [1.29, 1.82) is 0 Å². The maximum absolute atomic E-state index is 12.7. The second-order valence-corrected chi connectivity index (χ2v) is 11.4. The molecule has 214 valence electrons. The van der Waals surface area contributed by atoms with Crippen LogP contribution in [-0.2, 0) is 14.8 Å². The number of benzene rings is 3. The Balaban J connectivity index is 1.27. The van der Waals surface area contributed by atoms with Crippen molar-refractivity contribution in [2.24, 2.45) is 0 Å². The van der Waals surface area contributed by atoms with Gasteiger partial charge in [0.2, 0.25) is 11.9 Å². The number of sulfonamides is 1. The molecule has 0 aliphatic rings. The van der Waals surface area contributed by atoms with Crippen LogP contribution in [0.2, 0.25) is 0 Å². The van der Waals surface area contributed by atoms with Gasteiger partial charge in [-0.1, -0.05) is 11.8 Å². The van der Waals surface area contributed by atoms with E-state index in [1.807, 2.05) is 48.5 Å². The van der Waals surface area contributed by atoms with Crippen molar-refractivity contribution in [3.63, 3.8) is 0 Å². The number of rotatable bonds is 11. The topological polar surface area (TPSA) is 148 Å². The number of thioether (sulfide) groups is 1. The van der Waals surface area contributed by atoms with Crippen LogP contribution in [0, 0.1) is 0 Å². The molecule has 0 aliphatic heterocycles. The molecule has 0 fully saturated rings. The van der Waals surface area contributed by atoms with Crippen molar-refractivity contribution in [3.8, 4) is 34.0 Å². The summed E-state index contributed by atoms with van der Waals surface area (Å²) >= 11 is 1.25. The zero-order chi connectivity index (χ0) is 29.5. The summed E-state index contributed by atoms with van der Waals surface area (Å²) in [6.07, 6.45) is 2.87. The van der Waals surface area contributed by atoms with Gasteiger partial charge < -0.3 is 19.8 Å². The van der Waals surface area contributed by atoms with E-state index < -0.39 is 10.0 Å². The summed E-state index contributed by atoms with van der Waals surface area (Å²) in [5.74, 6) is 1.24. The van der Waals surface area contributed by atoms with Gasteiger partial charge in [-0.25, -0.2) is 28.1 Å². The Labute approximate surface area is 246 Å². The fraction of sp³-hybridized carbons (Fsp3) is 0.103. The van der Waals surface area contributed by atoms with Crippen molar-refractivity contribution in [1.82, 2.24) is 19.9 Å². The minimum atomic E-state index is -3.88. The van der Waals surface area contributed by atoms with Gasteiger partial charge in [0, 0.05) is 29.2 Å². The average Bonchev–Trinajstić information content (AvgIpc) is 3.45. The van der Waals surface area contributed by atoms with Gasteiger partial charge >= 0.3 is 0 Å². The van der Waals surface area contributed by atoms with Crippen LogP contribution in [-0.4, -0.2) is 54.2 Å². The number of aromatic amines is 1. The standard InChI is InChI=1S/C29H26N6O5S2/c1-39-22-10-4-19(5-11-22)26-27(20-6-12-23(40-2)13-7-20)34-29(33-26)41-18-25(36)32-21-8-14-24(15-9-21)42(37,38)35-28-30-16-3-17-31-28/h3-17H,18H2,1-2H3,(H,32,36)(H,33,34)(H,30,31,35). The second kappa shape index (κ2) is 12.7. The molecule has 1 amide bonds. The van der Waals surface area contributed by atoms with Gasteiger partial charge in [0.05, 0.1) is 36.3 Å². The molecule has 5 rings (SSSR count). The number of hydrogen-bond acceptors (Lipinski definition) is 9. The molecule has 11 nitrogen and oxygen atoms in total. The van der Waals surface area contributed by atoms with E-state index in [9.17, 15) is 13.2 Å². The molecule has 42 heavy (non-hydrogen) atoms. The summed E-state index contributed by atoms with van der Waals surface area (Å²) < 4.78 is 38.1. The molecule has 0 spiro atoms. The van der Waals surface area contributed by atoms with E-state index in [1.54, 1.807) is 20.3 Å². The summed E-state index contributed by atoms with van der Waals surface area (Å²) in [5.41, 5.74) is 3.79. The van der Waals surface area contributed by atoms with E-state index in [4.69, 9.17) is 14.5 Å². The molecule has 2 heterocycles. The number of hydrogen-bond donors (Lipinski definition) is 3. The zero-order valence-electron chi connectivity index (χ0n) is 22.6. The first-order valence-electron chi connectivity index (χ1n) is 12.6. The third-order valence-electron chi connectivity index (χ3n) is 6.00. The van der Waals surface area contributed by atoms with Crippen LogP contribution < -0.4 is 19.5 Å². The smallest absolute Gasteiger partial charge is 0.264 e. The number of nitrogens with zero attached hydrogens (tertiary/aromatic N) is 3. The first-order chi connectivity index (χ1) is 20.3. The number of H-pyrrole nitrogens is 1. The maximum Gasteiger partial charge on any atom is 0.264 e. The highest BCUT2D eigenvalue weighted by Crippen LogP contribution is 2.34. The lowest BCUT2D eigenvalue weighted by molar-refractivity contribution is -0.113. The minimum absolute atomic E-state index is 0.00929. The number of nitrogens with one attached hydrogen (secondary N) is 3. The highest BCUT2D eigenvalue weighted by molar-refractivity contribution is 7.99. The van der Waals surface area contributed by atoms with Gasteiger partial charge in [0.15, 0.2) is 5.16 Å². The number of aromatic nitrogens is 4. The Morgan fingerprint density at radius 3 is 2.05 bits per heavy atom. The predicted octanol–water partition coefficient (Wildman–Crippen LogP) is 5.08. The Bertz CT molecular complexity index is 1700. The maximum atomic E-state index is 12.7. The van der Waals surface area contributed by atoms with Gasteiger partial charge in [-0.05, 0) is 78.9 Å². The Morgan fingerprint density at radius 2 is 1.45 bits per heavy atom. The van der Waals surface area contributed by atoms with Gasteiger partial charge in [0.1, 0.15) is 11.5 Å². The third-order valence-corrected chi connectivity index (χ3v) is 8.22. The van der Waals surface area contributed by atoms with E-state index >= 15 is 0 Å². The summed E-state index contributed by atoms with van der Waals surface area (Å²) in [5, 5.41) is 3.35. The average molecular weight is 603 g/mol. The summed E-state index contributed by atoms with van der Waals surface area (Å²) in [6.45, 7) is 0. The van der Waals surface area contributed by atoms with Gasteiger partial charge in [0.25, 0.3) is 10.0 Å². The molecule has 0 saturated heterocycles. The first-order valence-corrected chi connectivity index (χ1v) is 15.0. The number of carbonyl (C=O) groups excluding carboxylic acids is 1. The van der Waals surface area contributed by atoms with Crippen LogP contribution in [0.3, 0.4) is 0 Å². The molecule has 0 bridgehead atoms. The third kappa shape index (κ3) is 6.87. The van der Waals surface area contributed by atoms with E-state index in [1.165, 1.54) is 48.4 Å². The van der Waals surface area contributed by atoms with Crippen molar-refractivity contribution in [2.45, 2.75) is 10.1 Å². The highest BCUT2D eigenvalue weighted by Gasteiger charge is 2.18. The quantitative estimate of drug-likeness (QED) is 0.176. The molecule has 3 aromatic carbocycles. The Hall–Kier alpha value is -4.88. The van der Waals surface area contributed by atoms with Crippen LogP contribution in [0.1, 0.15) is 0 Å². The molecule has 2 aromatic heterocycles. The van der Waals surface area contributed by atoms with Gasteiger partial charge in [-0.2, -0.15) is 0 Å². The summed E-state index contributed by atoms with van der Waals surface area (Å²) in [4.78, 5) is 28.6. The van der Waals surface area contributed by atoms with Crippen molar-refractivity contribution < 1.29 is 22.7 Å². The number of methoxy groups -OCH3 is 2. The first kappa shape index (κ1) is 28.6. The molecule has 3 N–H and O–H groups in total. The molecular weight excluding hydrogens is 576 g/mol. The summed E-state index contributed by atoms with van der Waals surface area (Å²) in [7, 11) is -0.653. The van der Waals surface area contributed by atoms with Gasteiger partial charge in [-0.15, -0.1) is 0 Å². The monoisotopic (exact) mass is 602 g/mol. The van der Waals surface area contributed by atoms with Crippen LogP contribution in [0.25, 0.3) is 22.5 Å². The largest absolute Gasteiger partial charge is 0.497 e. The minimum Gasteiger partial charge on any atom is -0.497 e. The molecule has 5 aromatic rings. The lowest BCUT2D eigenvalue weighted by atomic mass is 10.0. The molecule has 0 unspecified atom stereocenters. The molecule has 0 atom stereocenters. The van der Waals surface area contributed by atoms with Crippen molar-refractivity contribution in [2.75, 3.05) is 30.0 Å². The highest BCUT2D eigenvalue weighted by atomic mass is 32.2. The number of amides is 1. The van der Waals surface area contributed by atoms with E-state index in [2.05, 4.69) is 25.0 Å². The van der Waals surface area contributed by atoms with Crippen LogP contribution >= 0.6 is 11.8 Å². The van der Waals surface area contributed by atoms with Crippen molar-refractivity contribution in [3.05, 3.63) is 91.3 Å². The fourth-order valence-electron chi connectivity index (χ4n) is 3.92. The molecule has 0 saturated carbocycles. The zero-order valence-corrected chi connectivity index (χ0v) is 24.2. The summed E-state index contributed by atoms with van der Waals surface area (Å²) in [6, 6.07) is 22.6. The predicted molar refractivity (Wildman–Crippen MR) is 161 cm³/mol. The molecular formula is C29H26N6O5S2. The van der Waals surface area contributed by atoms with Crippen LogP contribution in [0.5, 0.6) is 11.5 Å². The SMILES string of the molecule is COc1ccc(-c2nc(SCC(=O)Nc3ccc(S(=O)(=O)Nc4ncccn4)cc3)[nH]c2-c2ccc(OC)cc2)cc1. The van der Waals surface area contributed by atoms with E-state index in [0.29, 0.717) is 10.8 Å². The Morgan fingerprint density at radius 1 is 0.857 bits per heavy atom. The lowest BCUT2D eigenvalue weighted by Gasteiger charge is -2.08. The Kier molecular flexibility index (Phi) is 8.69. The molecule has 13 heteroatoms. The van der Waals surface area contributed by atoms with Crippen molar-refractivity contribution >= 4 is 39.3 Å². The van der Waals surface area contributed by atoms with E-state index in [0.717, 1.165) is 34.0 Å². The van der Waals surface area contributed by atoms with Gasteiger partial charge in [-0.3, -0.25) is 4.79 Å². The number of ether oxygens (including phenoxy) is 2. The lowest BCUT2D eigenvalue weighted by Crippen LogP contribution is -2.16. The number of anilines is 2. The van der Waals surface area contributed by atoms with E-state index in [-0.39, 0.29) is 22.5 Å². The van der Waals surface area contributed by atoms with Crippen LogP contribution in [0.4, 0.5) is 11.6 Å². The molecule has 0 aliphatic carbocycles. The second-order valence-electron chi connectivity index (χ2n) is 8.76. The number of carbonyl (C=O) groups is 1. The normalized spacial score (nSPS) is 11.1. The number of imidazole rings is 1. The van der Waals surface area contributed by atoms with Crippen LogP contribution in [0.15, 0.2) is 101 Å². The fourth-order valence-corrected chi connectivity index (χ4v) is 5.55.